The molecule has 106 valence electrons. The van der Waals surface area contributed by atoms with Gasteiger partial charge in [0.05, 0.1) is 11.1 Å². The van der Waals surface area contributed by atoms with Gasteiger partial charge in [-0.05, 0) is 44.5 Å². The molecular weight excluding hydrogens is 238 g/mol. The Labute approximate surface area is 129 Å². The summed E-state index contributed by atoms with van der Waals surface area (Å²) in [4.78, 5) is 0.290. The number of hydrogen-bond acceptors (Lipinski definition) is 3. The molecule has 3 nitrogen and oxygen atoms in total. The second kappa shape index (κ2) is 5.93. The van der Waals surface area contributed by atoms with Crippen LogP contribution in [0, 0.1) is 0 Å². The second-order valence-electron chi connectivity index (χ2n) is 4.86. The van der Waals surface area contributed by atoms with Crippen LogP contribution < -0.4 is 0 Å². The summed E-state index contributed by atoms with van der Waals surface area (Å²) < 4.78 is 81.1. The number of aliphatic hydroxyl groups is 1. The van der Waals surface area contributed by atoms with Crippen molar-refractivity contribution in [2.24, 2.45) is 0 Å². The second-order valence-corrected chi connectivity index (χ2v) is 4.86. The van der Waals surface area contributed by atoms with E-state index < -0.39 is 60.5 Å². The molecule has 1 aromatic rings. The van der Waals surface area contributed by atoms with Gasteiger partial charge in [0.25, 0.3) is 0 Å². The van der Waals surface area contributed by atoms with E-state index in [1.165, 1.54) is 0 Å². The SMILES string of the molecule is [2H]c1c([2H])c(C([2H])(C2(O)CCCCC2)C([2H])([2H])N(C)C([2H])([2H])[2H])c([2H])c([2H])c1O. The molecule has 1 saturated carbocycles. The number of phenolic OH excluding ortho intramolecular Hbond substituents is 1. The summed E-state index contributed by atoms with van der Waals surface area (Å²) in [5.74, 6) is -3.86. The Bertz CT molecular complexity index is 762. The van der Waals surface area contributed by atoms with Gasteiger partial charge >= 0.3 is 0 Å². The zero-order chi connectivity index (χ0) is 22.6. The molecule has 1 aliphatic rings. The molecule has 0 spiro atoms. The van der Waals surface area contributed by atoms with Gasteiger partial charge in [-0.15, -0.1) is 0 Å². The first kappa shape index (κ1) is 6.15. The Kier molecular flexibility index (Phi) is 1.92. The van der Waals surface area contributed by atoms with E-state index in [9.17, 15) is 10.2 Å². The van der Waals surface area contributed by atoms with E-state index in [4.69, 9.17) is 13.7 Å². The molecule has 19 heavy (non-hydrogen) atoms. The topological polar surface area (TPSA) is 43.7 Å². The Morgan fingerprint density at radius 2 is 2.05 bits per heavy atom. The van der Waals surface area contributed by atoms with Crippen LogP contribution in [0.25, 0.3) is 0 Å². The van der Waals surface area contributed by atoms with Crippen LogP contribution in [0.15, 0.2) is 24.2 Å². The fraction of sp³-hybridized carbons (Fsp3) is 0.625. The molecule has 0 radical (unpaired) electrons. The van der Waals surface area contributed by atoms with Crippen LogP contribution in [-0.4, -0.2) is 41.2 Å². The van der Waals surface area contributed by atoms with Gasteiger partial charge in [-0.25, -0.2) is 0 Å². The molecule has 1 aliphatic carbocycles. The van der Waals surface area contributed by atoms with E-state index in [1.807, 2.05) is 0 Å². The van der Waals surface area contributed by atoms with Crippen LogP contribution in [0.3, 0.4) is 0 Å². The first-order valence-corrected chi connectivity index (χ1v) is 6.30. The quantitative estimate of drug-likeness (QED) is 0.886. The Morgan fingerprint density at radius 1 is 1.42 bits per heavy atom. The fourth-order valence-corrected chi connectivity index (χ4v) is 2.38. The third kappa shape index (κ3) is 3.48. The van der Waals surface area contributed by atoms with Crippen molar-refractivity contribution < 1.29 is 23.9 Å². The number of benzene rings is 1. The predicted octanol–water partition coefficient (Wildman–Crippen LogP) is 2.73. The van der Waals surface area contributed by atoms with E-state index in [0.29, 0.717) is 24.2 Å². The summed E-state index contributed by atoms with van der Waals surface area (Å²) in [6, 6.07) is -3.55. The summed E-state index contributed by atoms with van der Waals surface area (Å²) in [5, 5.41) is 21.2. The molecule has 0 heterocycles. The molecule has 0 aromatic heterocycles. The zero-order valence-electron chi connectivity index (χ0n) is 20.9. The Morgan fingerprint density at radius 3 is 2.63 bits per heavy atom. The minimum atomic E-state index is -3.12. The molecule has 1 atom stereocenters. The van der Waals surface area contributed by atoms with Crippen molar-refractivity contribution in [3.05, 3.63) is 29.7 Å². The highest BCUT2D eigenvalue weighted by Crippen LogP contribution is 2.40. The number of phenols is 1. The van der Waals surface area contributed by atoms with Gasteiger partial charge in [-0.3, -0.25) is 0 Å². The maximum absolute atomic E-state index is 11.4. The van der Waals surface area contributed by atoms with Crippen LogP contribution in [0.2, 0.25) is 0 Å². The van der Waals surface area contributed by atoms with Crippen LogP contribution in [0.4, 0.5) is 0 Å². The molecule has 0 bridgehead atoms. The molecule has 0 aliphatic heterocycles. The van der Waals surface area contributed by atoms with Gasteiger partial charge in [0, 0.05) is 20.6 Å². The predicted molar refractivity (Wildman–Crippen MR) is 77.4 cm³/mol. The number of aromatic hydroxyl groups is 1. The first-order valence-electron chi connectivity index (χ1n) is 11.3. The fourth-order valence-electron chi connectivity index (χ4n) is 2.38. The van der Waals surface area contributed by atoms with E-state index in [-0.39, 0.29) is 12.8 Å². The van der Waals surface area contributed by atoms with Crippen LogP contribution in [0.1, 0.15) is 57.3 Å². The van der Waals surface area contributed by atoms with Gasteiger partial charge in [0.15, 0.2) is 0 Å². The van der Waals surface area contributed by atoms with Crippen molar-refractivity contribution >= 4 is 0 Å². The maximum atomic E-state index is 11.4. The van der Waals surface area contributed by atoms with Crippen molar-refractivity contribution in [3.8, 4) is 5.75 Å². The summed E-state index contributed by atoms with van der Waals surface area (Å²) in [7, 11) is 0.916. The largest absolute Gasteiger partial charge is 0.508 e. The van der Waals surface area contributed by atoms with Crippen LogP contribution in [-0.2, 0) is 0 Å². The molecule has 1 aromatic carbocycles. The van der Waals surface area contributed by atoms with Gasteiger partial charge in [-0.1, -0.05) is 31.3 Å². The van der Waals surface area contributed by atoms with E-state index in [2.05, 4.69) is 0 Å². The average Bonchev–Trinajstić information content (AvgIpc) is 2.63. The first-order chi connectivity index (χ1) is 13.0. The van der Waals surface area contributed by atoms with Crippen molar-refractivity contribution in [1.82, 2.24) is 4.90 Å². The summed E-state index contributed by atoms with van der Waals surface area (Å²) in [6.07, 6.45) is 1.40. The Balaban J connectivity index is 2.95. The molecule has 1 fully saturated rings. The van der Waals surface area contributed by atoms with Gasteiger partial charge < -0.3 is 15.1 Å². The monoisotopic (exact) mass is 273 g/mol. The summed E-state index contributed by atoms with van der Waals surface area (Å²) in [5.41, 5.74) is -2.94. The van der Waals surface area contributed by atoms with E-state index >= 15 is 0 Å². The molecule has 0 amide bonds. The number of rotatable bonds is 4. The highest BCUT2D eigenvalue weighted by Gasteiger charge is 2.38. The number of likely N-dealkylation sites (N-methyl/N-ethyl adjacent to an activating group) is 1. The lowest BCUT2D eigenvalue weighted by atomic mass is 9.72. The lowest BCUT2D eigenvalue weighted by Gasteiger charge is -2.40. The zero-order valence-corrected chi connectivity index (χ0v) is 10.9. The standard InChI is InChI=1S/C16H25NO2/c1-17(2)12-15(13-6-8-14(18)9-7-13)16(19)10-4-3-5-11-16/h6-9,15,18-19H,3-5,10-12H2,1-2H3/i1D3,6D,7D,8D,9D,12D2,15D. The minimum absolute atomic E-state index is 0.0781. The van der Waals surface area contributed by atoms with Crippen molar-refractivity contribution in [3.63, 3.8) is 0 Å². The van der Waals surface area contributed by atoms with Gasteiger partial charge in [0.1, 0.15) is 5.75 Å². The summed E-state index contributed by atoms with van der Waals surface area (Å²) >= 11 is 0. The lowest BCUT2D eigenvalue weighted by Crippen LogP contribution is -2.42. The van der Waals surface area contributed by atoms with Crippen molar-refractivity contribution in [2.75, 3.05) is 20.5 Å². The average molecular weight is 273 g/mol. The molecule has 0 saturated heterocycles. The molecule has 3 heteroatoms. The van der Waals surface area contributed by atoms with Crippen LogP contribution in [0.5, 0.6) is 5.75 Å². The summed E-state index contributed by atoms with van der Waals surface area (Å²) in [6.45, 7) is -6.12. The third-order valence-electron chi connectivity index (χ3n) is 3.29. The van der Waals surface area contributed by atoms with Crippen molar-refractivity contribution in [2.45, 2.75) is 43.6 Å². The smallest absolute Gasteiger partial charge is 0.115 e. The van der Waals surface area contributed by atoms with E-state index in [0.717, 1.165) is 7.05 Å². The number of nitrogens with zero attached hydrogens (tertiary/aromatic N) is 1. The molecular formula is C16H25NO2. The molecule has 2 rings (SSSR count). The molecule has 1 unspecified atom stereocenters. The third-order valence-corrected chi connectivity index (χ3v) is 3.29. The van der Waals surface area contributed by atoms with Crippen LogP contribution >= 0.6 is 0 Å². The maximum Gasteiger partial charge on any atom is 0.115 e. The normalized spacial score (nSPS) is 31.1. The molecule has 2 N–H and O–H groups in total. The number of hydrogen-bond donors (Lipinski definition) is 2. The highest BCUT2D eigenvalue weighted by molar-refractivity contribution is 5.30. The van der Waals surface area contributed by atoms with Crippen molar-refractivity contribution in [1.29, 1.82) is 0 Å². The van der Waals surface area contributed by atoms with E-state index in [1.54, 1.807) is 0 Å². The lowest BCUT2D eigenvalue weighted by molar-refractivity contribution is -0.0277. The minimum Gasteiger partial charge on any atom is -0.508 e. The van der Waals surface area contributed by atoms with Gasteiger partial charge in [-0.2, -0.15) is 0 Å². The Hall–Kier alpha value is -1.06. The highest BCUT2D eigenvalue weighted by atomic mass is 16.3. The van der Waals surface area contributed by atoms with Gasteiger partial charge in [0.2, 0.25) is 0 Å².